The zero-order valence-corrected chi connectivity index (χ0v) is 15.8. The quantitative estimate of drug-likeness (QED) is 0.800. The number of rotatable bonds is 3. The maximum atomic E-state index is 13.1. The average Bonchev–Trinajstić information content (AvgIpc) is 3.12. The van der Waals surface area contributed by atoms with Crippen LogP contribution in [0.1, 0.15) is 33.0 Å². The second-order valence-electron chi connectivity index (χ2n) is 6.51. The first kappa shape index (κ1) is 19.6. The second-order valence-corrected chi connectivity index (χ2v) is 7.71. The summed E-state index contributed by atoms with van der Waals surface area (Å²) in [5.41, 5.74) is -2.68. The number of nitrogens with zero attached hydrogens (tertiary/aromatic N) is 5. The molecule has 0 aromatic carbocycles. The van der Waals surface area contributed by atoms with E-state index in [2.05, 4.69) is 9.97 Å². The Hall–Kier alpha value is -2.18. The fourth-order valence-corrected chi connectivity index (χ4v) is 3.69. The summed E-state index contributed by atoms with van der Waals surface area (Å²) in [7, 11) is 3.17. The molecule has 2 atom stereocenters. The van der Waals surface area contributed by atoms with Crippen LogP contribution < -0.4 is 4.90 Å². The van der Waals surface area contributed by atoms with E-state index in [1.807, 2.05) is 0 Å². The molecule has 0 saturated carbocycles. The number of aliphatic hydroxyl groups excluding tert-OH is 1. The van der Waals surface area contributed by atoms with Crippen LogP contribution in [0, 0.1) is 6.92 Å². The van der Waals surface area contributed by atoms with E-state index >= 15 is 0 Å². The number of thiazole rings is 1. The van der Waals surface area contributed by atoms with Crippen molar-refractivity contribution in [2.75, 3.05) is 11.9 Å². The number of fused-ring (bicyclic) bond motifs is 1. The molecule has 1 amide bonds. The van der Waals surface area contributed by atoms with Gasteiger partial charge in [0.25, 0.3) is 5.91 Å². The molecule has 27 heavy (non-hydrogen) atoms. The molecule has 8 nitrogen and oxygen atoms in total. The number of aliphatic hydroxyl groups is 2. The van der Waals surface area contributed by atoms with Crippen LogP contribution in [-0.2, 0) is 19.2 Å². The van der Waals surface area contributed by atoms with Gasteiger partial charge in [-0.2, -0.15) is 13.2 Å². The van der Waals surface area contributed by atoms with Crippen molar-refractivity contribution in [2.24, 2.45) is 7.05 Å². The number of aryl methyl sites for hydroxylation is 2. The van der Waals surface area contributed by atoms with Crippen molar-refractivity contribution in [1.82, 2.24) is 19.4 Å². The summed E-state index contributed by atoms with van der Waals surface area (Å²) in [6.07, 6.45) is -4.81. The Morgan fingerprint density at radius 1 is 1.33 bits per heavy atom. The molecule has 1 aliphatic heterocycles. The lowest BCUT2D eigenvalue weighted by Crippen LogP contribution is -2.54. The number of carbonyl (C=O) groups excluding carboxylic acids is 1. The molecule has 0 bridgehead atoms. The van der Waals surface area contributed by atoms with Gasteiger partial charge in [0.2, 0.25) is 12.0 Å². The predicted octanol–water partition coefficient (Wildman–Crippen LogP) is 1.32. The molecule has 2 unspecified atom stereocenters. The molecule has 1 aliphatic rings. The number of amides is 1. The minimum absolute atomic E-state index is 0.172. The monoisotopic (exact) mass is 405 g/mol. The van der Waals surface area contributed by atoms with E-state index in [4.69, 9.17) is 0 Å². The smallest absolute Gasteiger partial charge is 0.375 e. The van der Waals surface area contributed by atoms with Crippen molar-refractivity contribution in [3.05, 3.63) is 27.6 Å². The maximum absolute atomic E-state index is 13.1. The van der Waals surface area contributed by atoms with Crippen LogP contribution in [0.15, 0.2) is 6.33 Å². The third-order valence-electron chi connectivity index (χ3n) is 4.52. The Morgan fingerprint density at radius 3 is 2.56 bits per heavy atom. The summed E-state index contributed by atoms with van der Waals surface area (Å²) in [5.74, 6) is -0.214. The summed E-state index contributed by atoms with van der Waals surface area (Å²) in [4.78, 5) is 23.6. The fraction of sp³-hybridized carbons (Fsp3) is 0.533. The molecule has 3 rings (SSSR count). The number of anilines is 1. The molecule has 148 valence electrons. The molecule has 0 aliphatic carbocycles. The number of hydrogen-bond acceptors (Lipinski definition) is 7. The van der Waals surface area contributed by atoms with E-state index in [9.17, 15) is 28.2 Å². The number of alkyl halides is 3. The van der Waals surface area contributed by atoms with Gasteiger partial charge in [-0.3, -0.25) is 9.69 Å². The van der Waals surface area contributed by atoms with Crippen LogP contribution >= 0.6 is 11.3 Å². The first-order valence-electron chi connectivity index (χ1n) is 7.85. The van der Waals surface area contributed by atoms with E-state index in [0.717, 1.165) is 4.90 Å². The number of carbonyl (C=O) groups is 1. The summed E-state index contributed by atoms with van der Waals surface area (Å²) in [6, 6.07) is 0. The van der Waals surface area contributed by atoms with Gasteiger partial charge in [0, 0.05) is 19.0 Å². The van der Waals surface area contributed by atoms with Gasteiger partial charge >= 0.3 is 6.18 Å². The first-order chi connectivity index (χ1) is 12.4. The molecule has 3 heterocycles. The minimum atomic E-state index is -4.89. The lowest BCUT2D eigenvalue weighted by Gasteiger charge is -2.38. The highest BCUT2D eigenvalue weighted by Crippen LogP contribution is 2.41. The molecule has 2 N–H and O–H groups in total. The van der Waals surface area contributed by atoms with Gasteiger partial charge in [0.05, 0.1) is 18.6 Å². The molecule has 0 saturated heterocycles. The zero-order chi connectivity index (χ0) is 20.3. The van der Waals surface area contributed by atoms with Crippen molar-refractivity contribution in [1.29, 1.82) is 0 Å². The van der Waals surface area contributed by atoms with Gasteiger partial charge in [0.15, 0.2) is 11.5 Å². The molecular formula is C15H18F3N5O3S. The summed E-state index contributed by atoms with van der Waals surface area (Å²) in [5, 5.41) is 19.7. The van der Waals surface area contributed by atoms with E-state index in [1.165, 1.54) is 15.8 Å². The highest BCUT2D eigenvalue weighted by Gasteiger charge is 2.53. The average molecular weight is 405 g/mol. The van der Waals surface area contributed by atoms with Crippen LogP contribution in [0.5, 0.6) is 0 Å². The van der Waals surface area contributed by atoms with Crippen molar-refractivity contribution in [3.8, 4) is 0 Å². The van der Waals surface area contributed by atoms with Crippen LogP contribution in [0.2, 0.25) is 0 Å². The summed E-state index contributed by atoms with van der Waals surface area (Å²) < 4.78 is 40.7. The lowest BCUT2D eigenvalue weighted by atomic mass is 10.1. The van der Waals surface area contributed by atoms with E-state index in [-0.39, 0.29) is 17.9 Å². The minimum Gasteiger partial charge on any atom is -0.375 e. The molecule has 2 aromatic heterocycles. The van der Waals surface area contributed by atoms with Crippen molar-refractivity contribution >= 4 is 23.1 Å². The molecule has 2 aromatic rings. The third-order valence-corrected chi connectivity index (χ3v) is 5.75. The van der Waals surface area contributed by atoms with Gasteiger partial charge < -0.3 is 19.7 Å². The van der Waals surface area contributed by atoms with Crippen LogP contribution in [0.3, 0.4) is 0 Å². The Bertz CT molecular complexity index is 892. The van der Waals surface area contributed by atoms with Gasteiger partial charge in [-0.05, 0) is 13.8 Å². The van der Waals surface area contributed by atoms with Crippen LogP contribution in [-0.4, -0.2) is 55.1 Å². The highest BCUT2D eigenvalue weighted by atomic mass is 32.1. The standard InChI is InChI=1S/C15H18F3N5O3S/c1-7-8(20-12(27-7)14(2,26)15(16,17)18)5-23-11(24)9-10(19-6-21(9)3)22(4)13(23)25/h6,13,25-26H,5H2,1-4H3. The van der Waals surface area contributed by atoms with Crippen molar-refractivity contribution in [3.63, 3.8) is 0 Å². The first-order valence-corrected chi connectivity index (χ1v) is 8.67. The topological polar surface area (TPSA) is 94.7 Å². The highest BCUT2D eigenvalue weighted by molar-refractivity contribution is 7.11. The Kier molecular flexibility index (Phi) is 4.48. The molecular weight excluding hydrogens is 387 g/mol. The molecule has 0 fully saturated rings. The predicted molar refractivity (Wildman–Crippen MR) is 90.0 cm³/mol. The van der Waals surface area contributed by atoms with E-state index in [0.29, 0.717) is 29.0 Å². The lowest BCUT2D eigenvalue weighted by molar-refractivity contribution is -0.258. The number of aromatic nitrogens is 3. The molecule has 12 heteroatoms. The molecule has 0 radical (unpaired) electrons. The van der Waals surface area contributed by atoms with Crippen LogP contribution in [0.25, 0.3) is 0 Å². The van der Waals surface area contributed by atoms with Gasteiger partial charge in [0.1, 0.15) is 5.01 Å². The van der Waals surface area contributed by atoms with Gasteiger partial charge in [-0.1, -0.05) is 0 Å². The van der Waals surface area contributed by atoms with Crippen LogP contribution in [0.4, 0.5) is 19.0 Å². The largest absolute Gasteiger partial charge is 0.423 e. The van der Waals surface area contributed by atoms with Gasteiger partial charge in [-0.25, -0.2) is 9.97 Å². The number of halogens is 3. The van der Waals surface area contributed by atoms with Crippen molar-refractivity contribution < 1.29 is 28.2 Å². The van der Waals surface area contributed by atoms with Crippen molar-refractivity contribution in [2.45, 2.75) is 38.5 Å². The SMILES string of the molecule is Cc1sc(C(C)(O)C(F)(F)F)nc1CN1C(=O)c2c(ncn2C)N(C)C1O. The second kappa shape index (κ2) is 6.17. The normalized spacial score (nSPS) is 20.0. The third kappa shape index (κ3) is 2.97. The van der Waals surface area contributed by atoms with Gasteiger partial charge in [-0.15, -0.1) is 11.3 Å². The summed E-state index contributed by atoms with van der Waals surface area (Å²) in [6.45, 7) is 1.96. The van der Waals surface area contributed by atoms with E-state index in [1.54, 1.807) is 21.0 Å². The Labute approximate surface area is 156 Å². The Balaban J connectivity index is 1.94. The number of hydrogen-bond donors (Lipinski definition) is 2. The van der Waals surface area contributed by atoms with E-state index < -0.39 is 29.0 Å². The zero-order valence-electron chi connectivity index (χ0n) is 14.9. The molecule has 0 spiro atoms. The Morgan fingerprint density at radius 2 is 1.96 bits per heavy atom. The number of imidazole rings is 1. The fourth-order valence-electron chi connectivity index (χ4n) is 2.70. The maximum Gasteiger partial charge on any atom is 0.423 e. The summed E-state index contributed by atoms with van der Waals surface area (Å²) >= 11 is 0.699.